The van der Waals surface area contributed by atoms with Crippen LogP contribution in [0.4, 0.5) is 8.78 Å². The Labute approximate surface area is 129 Å². The lowest BCUT2D eigenvalue weighted by Gasteiger charge is -2.15. The van der Waals surface area contributed by atoms with Gasteiger partial charge in [0.05, 0.1) is 6.10 Å². The Morgan fingerprint density at radius 2 is 1.64 bits per heavy atom. The first kappa shape index (κ1) is 16.6. The van der Waals surface area contributed by atoms with Crippen LogP contribution in [0.1, 0.15) is 33.9 Å². The molecule has 1 atom stereocenters. The molecule has 0 aliphatic carbocycles. The van der Waals surface area contributed by atoms with Crippen LogP contribution in [0.15, 0.2) is 30.3 Å². The van der Waals surface area contributed by atoms with Crippen molar-refractivity contribution in [3.63, 3.8) is 0 Å². The van der Waals surface area contributed by atoms with E-state index in [0.29, 0.717) is 12.1 Å². The molecule has 0 heterocycles. The molecule has 2 aromatic carbocycles. The maximum Gasteiger partial charge on any atom is 0.159 e. The van der Waals surface area contributed by atoms with Crippen LogP contribution in [0.3, 0.4) is 0 Å². The fourth-order valence-electron chi connectivity index (χ4n) is 2.66. The maximum absolute atomic E-state index is 13.2. The summed E-state index contributed by atoms with van der Waals surface area (Å²) in [4.78, 5) is 0. The van der Waals surface area contributed by atoms with Crippen LogP contribution in [0.5, 0.6) is 0 Å². The predicted octanol–water partition coefficient (Wildman–Crippen LogP) is 3.71. The van der Waals surface area contributed by atoms with Gasteiger partial charge in [0.25, 0.3) is 0 Å². The summed E-state index contributed by atoms with van der Waals surface area (Å²) in [7, 11) is 0. The van der Waals surface area contributed by atoms with Crippen LogP contribution in [-0.4, -0.2) is 11.7 Å². The Morgan fingerprint density at radius 3 is 2.23 bits per heavy atom. The highest BCUT2D eigenvalue weighted by Gasteiger charge is 2.11. The molecule has 4 heteroatoms. The monoisotopic (exact) mass is 305 g/mol. The molecular formula is C18H21F2NO. The molecule has 0 spiro atoms. The summed E-state index contributed by atoms with van der Waals surface area (Å²) in [6, 6.07) is 7.70. The molecule has 0 fully saturated rings. The van der Waals surface area contributed by atoms with E-state index < -0.39 is 17.7 Å². The number of halogens is 2. The van der Waals surface area contributed by atoms with Crippen LogP contribution < -0.4 is 5.32 Å². The van der Waals surface area contributed by atoms with Crippen molar-refractivity contribution < 1.29 is 13.9 Å². The van der Waals surface area contributed by atoms with E-state index >= 15 is 0 Å². The van der Waals surface area contributed by atoms with Crippen LogP contribution in [0.25, 0.3) is 0 Å². The van der Waals surface area contributed by atoms with Gasteiger partial charge in [0.2, 0.25) is 0 Å². The molecule has 2 nitrogen and oxygen atoms in total. The highest BCUT2D eigenvalue weighted by Crippen LogP contribution is 2.18. The summed E-state index contributed by atoms with van der Waals surface area (Å²) >= 11 is 0. The smallest absolute Gasteiger partial charge is 0.159 e. The largest absolute Gasteiger partial charge is 0.387 e. The van der Waals surface area contributed by atoms with E-state index in [-0.39, 0.29) is 6.54 Å². The summed E-state index contributed by atoms with van der Waals surface area (Å²) in [6.07, 6.45) is -0.874. The normalized spacial score (nSPS) is 12.5. The van der Waals surface area contributed by atoms with Gasteiger partial charge in [0, 0.05) is 13.1 Å². The molecule has 0 radical (unpaired) electrons. The minimum atomic E-state index is -0.943. The third-order valence-electron chi connectivity index (χ3n) is 3.81. The van der Waals surface area contributed by atoms with Gasteiger partial charge in [-0.2, -0.15) is 0 Å². The minimum Gasteiger partial charge on any atom is -0.387 e. The SMILES string of the molecule is Cc1cc(C)c(CNCC(O)c2ccc(F)c(F)c2)c(C)c1. The van der Waals surface area contributed by atoms with E-state index in [0.717, 1.165) is 12.1 Å². The number of aliphatic hydroxyl groups is 1. The lowest BCUT2D eigenvalue weighted by molar-refractivity contribution is 0.173. The highest BCUT2D eigenvalue weighted by atomic mass is 19.2. The molecule has 0 saturated heterocycles. The first-order valence-electron chi connectivity index (χ1n) is 7.29. The number of benzene rings is 2. The van der Waals surface area contributed by atoms with Crippen LogP contribution in [0, 0.1) is 32.4 Å². The van der Waals surface area contributed by atoms with Gasteiger partial charge in [-0.25, -0.2) is 8.78 Å². The number of hydrogen-bond donors (Lipinski definition) is 2. The summed E-state index contributed by atoms with van der Waals surface area (Å²) < 4.78 is 26.0. The van der Waals surface area contributed by atoms with E-state index in [9.17, 15) is 13.9 Å². The third kappa shape index (κ3) is 3.90. The number of aryl methyl sites for hydroxylation is 3. The lowest BCUT2D eigenvalue weighted by Crippen LogP contribution is -2.22. The van der Waals surface area contributed by atoms with Crippen molar-refractivity contribution in [2.75, 3.05) is 6.54 Å². The molecule has 0 amide bonds. The second-order valence-electron chi connectivity index (χ2n) is 5.70. The van der Waals surface area contributed by atoms with E-state index in [2.05, 4.69) is 38.2 Å². The summed E-state index contributed by atoms with van der Waals surface area (Å²) in [5.41, 5.74) is 5.19. The van der Waals surface area contributed by atoms with Crippen molar-refractivity contribution in [2.45, 2.75) is 33.4 Å². The zero-order chi connectivity index (χ0) is 16.3. The van der Waals surface area contributed by atoms with Crippen LogP contribution >= 0.6 is 0 Å². The molecule has 0 bridgehead atoms. The average molecular weight is 305 g/mol. The molecule has 2 rings (SSSR count). The first-order chi connectivity index (χ1) is 10.4. The molecule has 0 saturated carbocycles. The number of aliphatic hydroxyl groups excluding tert-OH is 1. The van der Waals surface area contributed by atoms with Crippen molar-refractivity contribution in [3.05, 3.63) is 69.8 Å². The molecule has 0 aliphatic heterocycles. The number of nitrogens with one attached hydrogen (secondary N) is 1. The quantitative estimate of drug-likeness (QED) is 0.882. The third-order valence-corrected chi connectivity index (χ3v) is 3.81. The Kier molecular flexibility index (Phi) is 5.27. The molecular weight excluding hydrogens is 284 g/mol. The van der Waals surface area contributed by atoms with Crippen LogP contribution in [-0.2, 0) is 6.54 Å². The van der Waals surface area contributed by atoms with Crippen molar-refractivity contribution in [1.82, 2.24) is 5.32 Å². The Morgan fingerprint density at radius 1 is 1.00 bits per heavy atom. The molecule has 2 aromatic rings. The highest BCUT2D eigenvalue weighted by molar-refractivity contribution is 5.37. The fourth-order valence-corrected chi connectivity index (χ4v) is 2.66. The topological polar surface area (TPSA) is 32.3 Å². The Balaban J connectivity index is 1.97. The molecule has 118 valence electrons. The predicted molar refractivity (Wildman–Crippen MR) is 83.7 cm³/mol. The van der Waals surface area contributed by atoms with Crippen molar-refractivity contribution in [3.8, 4) is 0 Å². The van der Waals surface area contributed by atoms with Gasteiger partial charge < -0.3 is 10.4 Å². The first-order valence-corrected chi connectivity index (χ1v) is 7.29. The van der Waals surface area contributed by atoms with Crippen LogP contribution in [0.2, 0.25) is 0 Å². The van der Waals surface area contributed by atoms with Gasteiger partial charge in [0.1, 0.15) is 0 Å². The molecule has 0 aliphatic rings. The van der Waals surface area contributed by atoms with E-state index in [1.54, 1.807) is 0 Å². The van der Waals surface area contributed by atoms with Crippen molar-refractivity contribution in [2.24, 2.45) is 0 Å². The van der Waals surface area contributed by atoms with Gasteiger partial charge >= 0.3 is 0 Å². The lowest BCUT2D eigenvalue weighted by atomic mass is 10.00. The second-order valence-corrected chi connectivity index (χ2v) is 5.70. The van der Waals surface area contributed by atoms with Crippen molar-refractivity contribution >= 4 is 0 Å². The minimum absolute atomic E-state index is 0.276. The van der Waals surface area contributed by atoms with Crippen molar-refractivity contribution in [1.29, 1.82) is 0 Å². The van der Waals surface area contributed by atoms with Gasteiger partial charge in [0.15, 0.2) is 11.6 Å². The fraction of sp³-hybridized carbons (Fsp3) is 0.333. The molecule has 0 aromatic heterocycles. The zero-order valence-electron chi connectivity index (χ0n) is 13.1. The summed E-state index contributed by atoms with van der Waals surface area (Å²) in [5.74, 6) is -1.85. The maximum atomic E-state index is 13.2. The number of rotatable bonds is 5. The molecule has 2 N–H and O–H groups in total. The van der Waals surface area contributed by atoms with Gasteiger partial charge in [-0.15, -0.1) is 0 Å². The Hall–Kier alpha value is -1.78. The van der Waals surface area contributed by atoms with E-state index in [1.807, 2.05) is 0 Å². The molecule has 22 heavy (non-hydrogen) atoms. The Bertz CT molecular complexity index is 647. The summed E-state index contributed by atoms with van der Waals surface area (Å²) in [6.45, 7) is 7.08. The number of hydrogen-bond acceptors (Lipinski definition) is 2. The van der Waals surface area contributed by atoms with Gasteiger partial charge in [-0.3, -0.25) is 0 Å². The van der Waals surface area contributed by atoms with Gasteiger partial charge in [-0.05, 0) is 55.2 Å². The zero-order valence-corrected chi connectivity index (χ0v) is 13.1. The van der Waals surface area contributed by atoms with E-state index in [4.69, 9.17) is 0 Å². The average Bonchev–Trinajstić information content (AvgIpc) is 2.44. The molecule has 1 unspecified atom stereocenters. The van der Waals surface area contributed by atoms with Gasteiger partial charge in [-0.1, -0.05) is 23.8 Å². The van der Waals surface area contributed by atoms with E-state index in [1.165, 1.54) is 28.3 Å². The summed E-state index contributed by atoms with van der Waals surface area (Å²) in [5, 5.41) is 13.2. The standard InChI is InChI=1S/C18H21F2NO/c1-11-6-12(2)15(13(3)7-11)9-21-10-18(22)14-4-5-16(19)17(20)8-14/h4-8,18,21-22H,9-10H2,1-3H3. The second kappa shape index (κ2) is 6.99.